The van der Waals surface area contributed by atoms with Gasteiger partial charge in [-0.15, -0.1) is 11.6 Å². The third kappa shape index (κ3) is 1.27. The minimum atomic E-state index is 0.514. The van der Waals surface area contributed by atoms with Gasteiger partial charge in [-0.2, -0.15) is 0 Å². The minimum Gasteiger partial charge on any atom is -0.126 e. The van der Waals surface area contributed by atoms with Crippen molar-refractivity contribution in [2.75, 3.05) is 5.88 Å². The number of alkyl halides is 1. The van der Waals surface area contributed by atoms with Crippen LogP contribution in [0.15, 0.2) is 48.5 Å². The lowest BCUT2D eigenvalue weighted by Gasteiger charge is -2.45. The Hall–Kier alpha value is -1.27. The Labute approximate surface area is 113 Å². The molecule has 0 aliphatic heterocycles. The maximum atomic E-state index is 6.21. The Morgan fingerprint density at radius 2 is 1.33 bits per heavy atom. The number of fused-ring (bicyclic) bond motifs is 1. The third-order valence-electron chi connectivity index (χ3n) is 4.62. The maximum absolute atomic E-state index is 6.21. The van der Waals surface area contributed by atoms with E-state index in [2.05, 4.69) is 48.5 Å². The fourth-order valence-electron chi connectivity index (χ4n) is 3.91. The maximum Gasteiger partial charge on any atom is 0.0261 e. The van der Waals surface area contributed by atoms with Crippen LogP contribution in [0, 0.1) is 5.92 Å². The number of halogens is 1. The molecule has 2 aromatic carbocycles. The summed E-state index contributed by atoms with van der Waals surface area (Å²) >= 11 is 6.21. The highest BCUT2D eigenvalue weighted by atomic mass is 35.5. The molecule has 1 heteroatoms. The Kier molecular flexibility index (Phi) is 2.28. The molecule has 90 valence electrons. The first-order valence-electron chi connectivity index (χ1n) is 6.63. The van der Waals surface area contributed by atoms with Crippen LogP contribution in [0.4, 0.5) is 0 Å². The van der Waals surface area contributed by atoms with Gasteiger partial charge < -0.3 is 0 Å². The van der Waals surface area contributed by atoms with Crippen molar-refractivity contribution in [1.29, 1.82) is 0 Å². The molecule has 0 fully saturated rings. The van der Waals surface area contributed by atoms with Gasteiger partial charge in [-0.1, -0.05) is 48.5 Å². The van der Waals surface area contributed by atoms with Gasteiger partial charge in [0.2, 0.25) is 0 Å². The largest absolute Gasteiger partial charge is 0.126 e. The smallest absolute Gasteiger partial charge is 0.0261 e. The van der Waals surface area contributed by atoms with E-state index < -0.39 is 0 Å². The SMILES string of the molecule is ClC[C@H]1CC2c3ccccc3C1c1ccccc12. The van der Waals surface area contributed by atoms with Crippen LogP contribution < -0.4 is 0 Å². The molecule has 0 spiro atoms. The van der Waals surface area contributed by atoms with Gasteiger partial charge in [-0.05, 0) is 34.6 Å². The first kappa shape index (κ1) is 10.6. The molecule has 2 aromatic rings. The van der Waals surface area contributed by atoms with Crippen molar-refractivity contribution in [2.45, 2.75) is 18.3 Å². The number of hydrogen-bond donors (Lipinski definition) is 0. The van der Waals surface area contributed by atoms with Gasteiger partial charge in [-0.25, -0.2) is 0 Å². The summed E-state index contributed by atoms with van der Waals surface area (Å²) in [6.07, 6.45) is 1.21. The van der Waals surface area contributed by atoms with E-state index in [0.717, 1.165) is 5.88 Å². The average Bonchev–Trinajstić information content (AvgIpc) is 2.47. The molecule has 3 aliphatic carbocycles. The predicted octanol–water partition coefficient (Wildman–Crippen LogP) is 4.52. The molecule has 0 saturated heterocycles. The van der Waals surface area contributed by atoms with Crippen molar-refractivity contribution >= 4 is 11.6 Å². The van der Waals surface area contributed by atoms with Gasteiger partial charge in [0.05, 0.1) is 0 Å². The summed E-state index contributed by atoms with van der Waals surface area (Å²) in [4.78, 5) is 0. The molecule has 0 N–H and O–H groups in total. The van der Waals surface area contributed by atoms with Crippen LogP contribution in [0.3, 0.4) is 0 Å². The second kappa shape index (κ2) is 3.86. The van der Waals surface area contributed by atoms with Crippen molar-refractivity contribution in [2.24, 2.45) is 5.92 Å². The summed E-state index contributed by atoms with van der Waals surface area (Å²) in [5.74, 6) is 2.44. The zero-order valence-corrected chi connectivity index (χ0v) is 10.9. The lowest BCUT2D eigenvalue weighted by atomic mass is 9.60. The second-order valence-electron chi connectivity index (χ2n) is 5.44. The minimum absolute atomic E-state index is 0.514. The summed E-state index contributed by atoms with van der Waals surface area (Å²) in [6, 6.07) is 17.8. The molecule has 0 amide bonds. The van der Waals surface area contributed by atoms with Crippen molar-refractivity contribution in [3.63, 3.8) is 0 Å². The first-order valence-corrected chi connectivity index (χ1v) is 7.17. The van der Waals surface area contributed by atoms with E-state index in [1.165, 1.54) is 28.7 Å². The number of rotatable bonds is 1. The van der Waals surface area contributed by atoms with Crippen molar-refractivity contribution in [3.05, 3.63) is 70.8 Å². The van der Waals surface area contributed by atoms with E-state index in [9.17, 15) is 0 Å². The molecule has 0 nitrogen and oxygen atoms in total. The summed E-state index contributed by atoms with van der Waals surface area (Å²) in [7, 11) is 0. The summed E-state index contributed by atoms with van der Waals surface area (Å²) in [5, 5.41) is 0. The fourth-order valence-corrected chi connectivity index (χ4v) is 4.21. The van der Waals surface area contributed by atoms with Gasteiger partial charge >= 0.3 is 0 Å². The molecule has 1 atom stereocenters. The number of benzene rings is 2. The van der Waals surface area contributed by atoms with Gasteiger partial charge in [0.1, 0.15) is 0 Å². The van der Waals surface area contributed by atoms with Crippen molar-refractivity contribution in [3.8, 4) is 0 Å². The highest BCUT2D eigenvalue weighted by Crippen LogP contribution is 2.55. The molecule has 3 aliphatic rings. The summed E-state index contributed by atoms with van der Waals surface area (Å²) in [5.41, 5.74) is 6.08. The normalized spacial score (nSPS) is 27.7. The number of hydrogen-bond acceptors (Lipinski definition) is 0. The molecular formula is C17H15Cl. The third-order valence-corrected chi connectivity index (χ3v) is 5.02. The molecule has 0 aromatic heterocycles. The van der Waals surface area contributed by atoms with Crippen molar-refractivity contribution in [1.82, 2.24) is 0 Å². The van der Waals surface area contributed by atoms with E-state index in [0.29, 0.717) is 17.8 Å². The van der Waals surface area contributed by atoms with E-state index in [4.69, 9.17) is 11.6 Å². The van der Waals surface area contributed by atoms with E-state index in [-0.39, 0.29) is 0 Å². The Bertz CT molecular complexity index is 555. The molecular weight excluding hydrogens is 240 g/mol. The van der Waals surface area contributed by atoms with Gasteiger partial charge in [0.25, 0.3) is 0 Å². The Morgan fingerprint density at radius 3 is 1.83 bits per heavy atom. The summed E-state index contributed by atoms with van der Waals surface area (Å²) < 4.78 is 0. The molecule has 0 saturated carbocycles. The predicted molar refractivity (Wildman–Crippen MR) is 75.4 cm³/mol. The summed E-state index contributed by atoms with van der Waals surface area (Å²) in [6.45, 7) is 0. The van der Waals surface area contributed by atoms with Gasteiger partial charge in [-0.3, -0.25) is 0 Å². The quantitative estimate of drug-likeness (QED) is 0.657. The lowest BCUT2D eigenvalue weighted by Crippen LogP contribution is -2.32. The molecule has 18 heavy (non-hydrogen) atoms. The average molecular weight is 255 g/mol. The first-order chi connectivity index (χ1) is 8.90. The monoisotopic (exact) mass is 254 g/mol. The molecule has 0 radical (unpaired) electrons. The zero-order chi connectivity index (χ0) is 12.1. The molecule has 2 bridgehead atoms. The van der Waals surface area contributed by atoms with Crippen LogP contribution in [0.5, 0.6) is 0 Å². The van der Waals surface area contributed by atoms with Crippen LogP contribution >= 0.6 is 11.6 Å². The molecule has 0 unspecified atom stereocenters. The van der Waals surface area contributed by atoms with Crippen LogP contribution in [0.1, 0.15) is 40.5 Å². The van der Waals surface area contributed by atoms with E-state index >= 15 is 0 Å². The Balaban J connectivity index is 2.00. The van der Waals surface area contributed by atoms with Gasteiger partial charge in [0, 0.05) is 17.7 Å². The molecule has 0 heterocycles. The van der Waals surface area contributed by atoms with E-state index in [1.54, 1.807) is 0 Å². The topological polar surface area (TPSA) is 0 Å². The highest BCUT2D eigenvalue weighted by Gasteiger charge is 2.42. The van der Waals surface area contributed by atoms with Crippen LogP contribution in [0.2, 0.25) is 0 Å². The van der Waals surface area contributed by atoms with Crippen LogP contribution in [-0.2, 0) is 0 Å². The van der Waals surface area contributed by atoms with Crippen LogP contribution in [0.25, 0.3) is 0 Å². The second-order valence-corrected chi connectivity index (χ2v) is 5.75. The van der Waals surface area contributed by atoms with E-state index in [1.807, 2.05) is 0 Å². The lowest BCUT2D eigenvalue weighted by molar-refractivity contribution is 0.389. The standard InChI is InChI=1S/C17H15Cl/c18-10-11-9-16-12-5-1-3-7-14(12)17(11)15-8-4-2-6-13(15)16/h1-8,11,16-17H,9-10H2/t11-,16?,17?/m1/s1. The highest BCUT2D eigenvalue weighted by molar-refractivity contribution is 6.18. The zero-order valence-electron chi connectivity index (χ0n) is 10.1. The van der Waals surface area contributed by atoms with Crippen LogP contribution in [-0.4, -0.2) is 5.88 Å². The van der Waals surface area contributed by atoms with Gasteiger partial charge in [0.15, 0.2) is 0 Å². The fraction of sp³-hybridized carbons (Fsp3) is 0.294. The Morgan fingerprint density at radius 1 is 0.833 bits per heavy atom. The molecule has 5 rings (SSSR count). The van der Waals surface area contributed by atoms with Crippen molar-refractivity contribution < 1.29 is 0 Å².